The third-order valence-corrected chi connectivity index (χ3v) is 6.53. The smallest absolute Gasteiger partial charge is 0.227 e. The van der Waals surface area contributed by atoms with Crippen molar-refractivity contribution >= 4 is 16.7 Å². The van der Waals surface area contributed by atoms with Crippen LogP contribution in [-0.4, -0.2) is 48.1 Å². The Hall–Kier alpha value is -3.61. The molecule has 0 radical (unpaired) electrons. The van der Waals surface area contributed by atoms with Gasteiger partial charge in [0.2, 0.25) is 5.91 Å². The van der Waals surface area contributed by atoms with Crippen molar-refractivity contribution in [3.8, 4) is 11.5 Å². The molecule has 0 N–H and O–H groups in total. The van der Waals surface area contributed by atoms with E-state index in [1.165, 1.54) is 24.6 Å². The molecule has 1 aliphatic rings. The molecule has 168 valence electrons. The molecule has 1 amide bonds. The lowest BCUT2D eigenvalue weighted by Crippen LogP contribution is -2.42. The van der Waals surface area contributed by atoms with Gasteiger partial charge in [0.25, 0.3) is 0 Å². The summed E-state index contributed by atoms with van der Waals surface area (Å²) in [4.78, 5) is 28.4. The highest BCUT2D eigenvalue weighted by Gasteiger charge is 2.27. The lowest BCUT2D eigenvalue weighted by atomic mass is 10.0. The monoisotopic (exact) mass is 440 g/mol. The molecule has 0 saturated heterocycles. The number of benzene rings is 2. The van der Waals surface area contributed by atoms with Crippen molar-refractivity contribution in [2.24, 2.45) is 0 Å². The normalized spacial score (nSPS) is 14.1. The van der Waals surface area contributed by atoms with Gasteiger partial charge in [0.05, 0.1) is 13.0 Å². The predicted molar refractivity (Wildman–Crippen MR) is 127 cm³/mol. The molecule has 2 aromatic carbocycles. The van der Waals surface area contributed by atoms with E-state index in [9.17, 15) is 4.79 Å². The lowest BCUT2D eigenvalue weighted by Gasteiger charge is -2.29. The molecule has 2 heterocycles. The van der Waals surface area contributed by atoms with Crippen molar-refractivity contribution in [3.05, 3.63) is 72.4 Å². The summed E-state index contributed by atoms with van der Waals surface area (Å²) < 4.78 is 1.88. The van der Waals surface area contributed by atoms with Crippen LogP contribution in [0.2, 0.25) is 0 Å². The van der Waals surface area contributed by atoms with Gasteiger partial charge in [-0.15, -0.1) is 5.10 Å². The highest BCUT2D eigenvalue weighted by atomic mass is 16.2. The summed E-state index contributed by atoms with van der Waals surface area (Å²) >= 11 is 0. The second-order valence-electron chi connectivity index (χ2n) is 8.64. The molecule has 4 aromatic rings. The van der Waals surface area contributed by atoms with Crippen molar-refractivity contribution in [1.29, 1.82) is 0 Å². The van der Waals surface area contributed by atoms with E-state index in [0.717, 1.165) is 29.6 Å². The number of carbonyl (C=O) groups excluding carboxylic acids is 1. The molecule has 1 saturated carbocycles. The molecular weight excluding hydrogens is 412 g/mol. The van der Waals surface area contributed by atoms with E-state index >= 15 is 0 Å². The molecule has 7 nitrogen and oxygen atoms in total. The van der Waals surface area contributed by atoms with Crippen LogP contribution >= 0.6 is 0 Å². The third kappa shape index (κ3) is 4.62. The summed E-state index contributed by atoms with van der Waals surface area (Å²) in [6.07, 6.45) is 8.12. The van der Waals surface area contributed by atoms with Gasteiger partial charge in [-0.3, -0.25) is 4.79 Å². The second-order valence-corrected chi connectivity index (χ2v) is 8.64. The Bertz CT molecular complexity index is 1240. The van der Waals surface area contributed by atoms with Crippen LogP contribution in [-0.2, 0) is 17.8 Å². The molecular formula is C26H28N6O. The molecule has 0 aliphatic heterocycles. The Kier molecular flexibility index (Phi) is 6.11. The van der Waals surface area contributed by atoms with Gasteiger partial charge in [-0.05, 0) is 42.2 Å². The Labute approximate surface area is 193 Å². The fourth-order valence-electron chi connectivity index (χ4n) is 4.80. The fraction of sp³-hybridized carbons (Fsp3) is 0.346. The molecule has 5 rings (SSSR count). The predicted octanol–water partition coefficient (Wildman–Crippen LogP) is 4.21. The summed E-state index contributed by atoms with van der Waals surface area (Å²) in [5, 5.41) is 6.97. The first kappa shape index (κ1) is 21.2. The number of rotatable bonds is 7. The lowest BCUT2D eigenvalue weighted by molar-refractivity contribution is -0.132. The molecule has 2 aromatic heterocycles. The molecule has 1 fully saturated rings. The van der Waals surface area contributed by atoms with E-state index in [1.54, 1.807) is 12.3 Å². The van der Waals surface area contributed by atoms with Crippen molar-refractivity contribution in [3.63, 3.8) is 0 Å². The standard InChI is InChI=1S/C26H28N6O/c1-19-29-26(24-13-14-27-18-28-24)30-32(19)16-15-31(22-10-3-4-11-22)25(33)17-21-9-6-8-20-7-2-5-12-23(20)21/h2,5-9,12-14,18,22H,3-4,10-11,15-17H2,1H3. The Morgan fingerprint density at radius 2 is 1.91 bits per heavy atom. The van der Waals surface area contributed by atoms with E-state index in [1.807, 2.05) is 29.8 Å². The number of hydrogen-bond donors (Lipinski definition) is 0. The highest BCUT2D eigenvalue weighted by molar-refractivity contribution is 5.90. The maximum Gasteiger partial charge on any atom is 0.227 e. The van der Waals surface area contributed by atoms with Crippen molar-refractivity contribution in [2.75, 3.05) is 6.54 Å². The summed E-state index contributed by atoms with van der Waals surface area (Å²) in [6.45, 7) is 3.18. The SMILES string of the molecule is Cc1nc(-c2ccncn2)nn1CCN(C(=O)Cc1cccc2ccccc12)C1CCCC1. The zero-order chi connectivity index (χ0) is 22.6. The van der Waals surface area contributed by atoms with Gasteiger partial charge in [0.15, 0.2) is 5.82 Å². The number of aromatic nitrogens is 5. The molecule has 1 aliphatic carbocycles. The highest BCUT2D eigenvalue weighted by Crippen LogP contribution is 2.26. The minimum atomic E-state index is 0.187. The van der Waals surface area contributed by atoms with E-state index in [0.29, 0.717) is 37.1 Å². The van der Waals surface area contributed by atoms with Gasteiger partial charge < -0.3 is 4.90 Å². The minimum Gasteiger partial charge on any atom is -0.338 e. The van der Waals surface area contributed by atoms with Gasteiger partial charge in [-0.1, -0.05) is 55.3 Å². The maximum atomic E-state index is 13.5. The minimum absolute atomic E-state index is 0.187. The quantitative estimate of drug-likeness (QED) is 0.430. The molecule has 7 heteroatoms. The van der Waals surface area contributed by atoms with Gasteiger partial charge >= 0.3 is 0 Å². The van der Waals surface area contributed by atoms with Gasteiger partial charge in [0, 0.05) is 18.8 Å². The second kappa shape index (κ2) is 9.48. The number of hydrogen-bond acceptors (Lipinski definition) is 5. The zero-order valence-corrected chi connectivity index (χ0v) is 18.9. The van der Waals surface area contributed by atoms with Crippen LogP contribution in [0.15, 0.2) is 61.1 Å². The molecule has 0 spiro atoms. The van der Waals surface area contributed by atoms with Crippen LogP contribution in [0.3, 0.4) is 0 Å². The molecule has 0 atom stereocenters. The Balaban J connectivity index is 1.34. The van der Waals surface area contributed by atoms with Crippen LogP contribution in [0.5, 0.6) is 0 Å². The average Bonchev–Trinajstić information content (AvgIpc) is 3.50. The first-order valence-corrected chi connectivity index (χ1v) is 11.6. The average molecular weight is 441 g/mol. The molecule has 33 heavy (non-hydrogen) atoms. The van der Waals surface area contributed by atoms with Gasteiger partial charge in [-0.25, -0.2) is 19.6 Å². The number of carbonyl (C=O) groups is 1. The maximum absolute atomic E-state index is 13.5. The first-order chi connectivity index (χ1) is 16.2. The van der Waals surface area contributed by atoms with E-state index in [4.69, 9.17) is 0 Å². The van der Waals surface area contributed by atoms with Crippen LogP contribution in [0.1, 0.15) is 37.1 Å². The van der Waals surface area contributed by atoms with Crippen LogP contribution in [0.4, 0.5) is 0 Å². The van der Waals surface area contributed by atoms with Gasteiger partial charge in [0.1, 0.15) is 17.8 Å². The van der Waals surface area contributed by atoms with E-state index < -0.39 is 0 Å². The Morgan fingerprint density at radius 3 is 2.73 bits per heavy atom. The van der Waals surface area contributed by atoms with Crippen molar-refractivity contribution in [1.82, 2.24) is 29.6 Å². The first-order valence-electron chi connectivity index (χ1n) is 11.6. The largest absolute Gasteiger partial charge is 0.338 e. The number of fused-ring (bicyclic) bond motifs is 1. The van der Waals surface area contributed by atoms with E-state index in [-0.39, 0.29) is 5.91 Å². The summed E-state index contributed by atoms with van der Waals surface area (Å²) in [7, 11) is 0. The summed E-state index contributed by atoms with van der Waals surface area (Å²) in [6, 6.07) is 16.6. The number of nitrogens with zero attached hydrogens (tertiary/aromatic N) is 6. The van der Waals surface area contributed by atoms with Crippen molar-refractivity contribution < 1.29 is 4.79 Å². The van der Waals surface area contributed by atoms with Crippen LogP contribution < -0.4 is 0 Å². The Morgan fingerprint density at radius 1 is 1.09 bits per heavy atom. The summed E-state index contributed by atoms with van der Waals surface area (Å²) in [5.41, 5.74) is 1.79. The summed E-state index contributed by atoms with van der Waals surface area (Å²) in [5.74, 6) is 1.59. The van der Waals surface area contributed by atoms with Gasteiger partial charge in [-0.2, -0.15) is 0 Å². The number of amides is 1. The molecule has 0 bridgehead atoms. The molecule has 0 unspecified atom stereocenters. The zero-order valence-electron chi connectivity index (χ0n) is 18.9. The van der Waals surface area contributed by atoms with E-state index in [2.05, 4.69) is 49.2 Å². The van der Waals surface area contributed by atoms with Crippen LogP contribution in [0.25, 0.3) is 22.3 Å². The number of aryl methyl sites for hydroxylation is 1. The van der Waals surface area contributed by atoms with Crippen molar-refractivity contribution in [2.45, 2.75) is 51.6 Å². The fourth-order valence-corrected chi connectivity index (χ4v) is 4.80. The van der Waals surface area contributed by atoms with Crippen LogP contribution in [0, 0.1) is 6.92 Å². The topological polar surface area (TPSA) is 76.8 Å². The third-order valence-electron chi connectivity index (χ3n) is 6.53.